The van der Waals surface area contributed by atoms with Gasteiger partial charge in [-0.05, 0) is 76.4 Å². The van der Waals surface area contributed by atoms with Crippen molar-refractivity contribution in [3.63, 3.8) is 0 Å². The molecule has 178 valence electrons. The summed E-state index contributed by atoms with van der Waals surface area (Å²) in [7, 11) is 0. The second kappa shape index (κ2) is 7.93. The minimum atomic E-state index is 0.0165. The molecule has 0 radical (unpaired) electrons. The molecular weight excluding hydrogens is 438 g/mol. The van der Waals surface area contributed by atoms with E-state index in [-0.39, 0.29) is 5.41 Å². The fourth-order valence-electron chi connectivity index (χ4n) is 6.19. The van der Waals surface area contributed by atoms with Gasteiger partial charge in [0.25, 0.3) is 0 Å². The summed E-state index contributed by atoms with van der Waals surface area (Å²) in [6.45, 7) is 6.85. The van der Waals surface area contributed by atoms with Gasteiger partial charge < -0.3 is 4.42 Å². The van der Waals surface area contributed by atoms with Crippen LogP contribution in [0.4, 0.5) is 0 Å². The van der Waals surface area contributed by atoms with E-state index in [0.717, 1.165) is 27.9 Å². The zero-order valence-corrected chi connectivity index (χ0v) is 21.3. The lowest BCUT2D eigenvalue weighted by Gasteiger charge is -2.21. The largest absolute Gasteiger partial charge is 0.455 e. The van der Waals surface area contributed by atoms with E-state index in [1.807, 2.05) is 6.07 Å². The van der Waals surface area contributed by atoms with Crippen LogP contribution >= 0.6 is 0 Å². The first-order chi connectivity index (χ1) is 17.5. The number of benzene rings is 4. The van der Waals surface area contributed by atoms with E-state index in [1.165, 1.54) is 63.7 Å². The molecule has 1 saturated carbocycles. The van der Waals surface area contributed by atoms with Gasteiger partial charge in [-0.15, -0.1) is 0 Å². The molecule has 0 bridgehead atoms. The van der Waals surface area contributed by atoms with Crippen LogP contribution < -0.4 is 0 Å². The molecule has 7 rings (SSSR count). The van der Waals surface area contributed by atoms with Crippen LogP contribution in [0.3, 0.4) is 0 Å². The monoisotopic (exact) mass is 469 g/mol. The van der Waals surface area contributed by atoms with Crippen LogP contribution in [0, 0.1) is 0 Å². The Labute approximate surface area is 212 Å². The zero-order chi connectivity index (χ0) is 24.4. The van der Waals surface area contributed by atoms with Crippen LogP contribution in [0.25, 0.3) is 54.9 Å². The summed E-state index contributed by atoms with van der Waals surface area (Å²) in [5, 5.41) is 6.27. The molecule has 0 atom stereocenters. The van der Waals surface area contributed by atoms with Crippen LogP contribution in [0.1, 0.15) is 63.5 Å². The summed E-state index contributed by atoms with van der Waals surface area (Å²) in [6.07, 6.45) is 5.12. The van der Waals surface area contributed by atoms with E-state index in [0.29, 0.717) is 5.92 Å². The van der Waals surface area contributed by atoms with Crippen LogP contribution in [-0.4, -0.2) is 4.98 Å². The summed E-state index contributed by atoms with van der Waals surface area (Å²) in [5.74, 6) is 0.581. The third-order valence-electron chi connectivity index (χ3n) is 8.14. The maximum Gasteiger partial charge on any atom is 0.144 e. The summed E-state index contributed by atoms with van der Waals surface area (Å²) < 4.78 is 6.51. The molecule has 2 aromatic heterocycles. The second-order valence-electron chi connectivity index (χ2n) is 11.5. The van der Waals surface area contributed by atoms with Crippen molar-refractivity contribution in [3.8, 4) is 11.3 Å². The normalized spacial score (nSPS) is 15.1. The van der Waals surface area contributed by atoms with E-state index in [4.69, 9.17) is 9.40 Å². The topological polar surface area (TPSA) is 26.0 Å². The lowest BCUT2D eigenvalue weighted by molar-refractivity contribution is 0.590. The van der Waals surface area contributed by atoms with Crippen molar-refractivity contribution >= 4 is 43.6 Å². The molecule has 0 saturated heterocycles. The van der Waals surface area contributed by atoms with Gasteiger partial charge in [-0.3, -0.25) is 0 Å². The quantitative estimate of drug-likeness (QED) is 0.236. The Bertz CT molecular complexity index is 1780. The standard InChI is InChI=1S/C34H31NO/c1-34(2,3)23-18-27-25-14-8-9-15-31(25)36-33(27)28(19-23)30-20-26(21-10-4-5-11-21)32-24-13-7-6-12-22(24)16-17-29(32)35-30/h6-9,12-21H,4-5,10-11H2,1-3H3. The van der Waals surface area contributed by atoms with E-state index < -0.39 is 0 Å². The minimum absolute atomic E-state index is 0.0165. The molecule has 1 fully saturated rings. The molecule has 2 nitrogen and oxygen atoms in total. The highest BCUT2D eigenvalue weighted by Gasteiger charge is 2.25. The van der Waals surface area contributed by atoms with Crippen molar-refractivity contribution in [1.29, 1.82) is 0 Å². The fourth-order valence-corrected chi connectivity index (χ4v) is 6.19. The Morgan fingerprint density at radius 1 is 0.778 bits per heavy atom. The van der Waals surface area contributed by atoms with E-state index in [1.54, 1.807) is 0 Å². The van der Waals surface area contributed by atoms with Crippen molar-refractivity contribution in [2.75, 3.05) is 0 Å². The Kier molecular flexibility index (Phi) is 4.76. The maximum atomic E-state index is 6.51. The van der Waals surface area contributed by atoms with E-state index >= 15 is 0 Å². The number of nitrogens with zero attached hydrogens (tertiary/aromatic N) is 1. The molecule has 0 spiro atoms. The number of pyridine rings is 1. The van der Waals surface area contributed by atoms with Gasteiger partial charge in [-0.2, -0.15) is 0 Å². The molecule has 36 heavy (non-hydrogen) atoms. The molecule has 4 aromatic carbocycles. The summed E-state index contributed by atoms with van der Waals surface area (Å²) in [6, 6.07) is 28.6. The average molecular weight is 470 g/mol. The van der Waals surface area contributed by atoms with Crippen LogP contribution in [0.5, 0.6) is 0 Å². The zero-order valence-electron chi connectivity index (χ0n) is 21.3. The van der Waals surface area contributed by atoms with Gasteiger partial charge in [-0.25, -0.2) is 4.98 Å². The number of furan rings is 1. The number of aromatic nitrogens is 1. The predicted octanol–water partition coefficient (Wildman–Crippen LogP) is 9.91. The van der Waals surface area contributed by atoms with Crippen molar-refractivity contribution in [2.45, 2.75) is 57.8 Å². The first-order valence-corrected chi connectivity index (χ1v) is 13.3. The van der Waals surface area contributed by atoms with Crippen molar-refractivity contribution in [3.05, 3.63) is 90.0 Å². The number of para-hydroxylation sites is 1. The first-order valence-electron chi connectivity index (χ1n) is 13.3. The van der Waals surface area contributed by atoms with Crippen molar-refractivity contribution < 1.29 is 4.42 Å². The third-order valence-corrected chi connectivity index (χ3v) is 8.14. The smallest absolute Gasteiger partial charge is 0.144 e. The average Bonchev–Trinajstić information content (AvgIpc) is 3.55. The minimum Gasteiger partial charge on any atom is -0.455 e. The van der Waals surface area contributed by atoms with E-state index in [9.17, 15) is 0 Å². The number of hydrogen-bond donors (Lipinski definition) is 0. The van der Waals surface area contributed by atoms with Crippen LogP contribution in [-0.2, 0) is 5.41 Å². The molecule has 1 aliphatic rings. The van der Waals surface area contributed by atoms with Gasteiger partial charge in [0.15, 0.2) is 0 Å². The summed E-state index contributed by atoms with van der Waals surface area (Å²) >= 11 is 0. The van der Waals surface area contributed by atoms with Gasteiger partial charge in [0.1, 0.15) is 11.2 Å². The lowest BCUT2D eigenvalue weighted by Crippen LogP contribution is -2.11. The fraction of sp³-hybridized carbons (Fsp3) is 0.265. The lowest BCUT2D eigenvalue weighted by atomic mass is 9.84. The van der Waals surface area contributed by atoms with Gasteiger partial charge >= 0.3 is 0 Å². The highest BCUT2D eigenvalue weighted by Crippen LogP contribution is 2.44. The van der Waals surface area contributed by atoms with Gasteiger partial charge in [0, 0.05) is 21.7 Å². The highest BCUT2D eigenvalue weighted by atomic mass is 16.3. The number of hydrogen-bond acceptors (Lipinski definition) is 2. The predicted molar refractivity (Wildman–Crippen MR) is 152 cm³/mol. The maximum absolute atomic E-state index is 6.51. The molecule has 0 unspecified atom stereocenters. The summed E-state index contributed by atoms with van der Waals surface area (Å²) in [5.41, 5.74) is 7.85. The van der Waals surface area contributed by atoms with E-state index in [2.05, 4.69) is 93.6 Å². The Balaban J connectivity index is 1.59. The van der Waals surface area contributed by atoms with Crippen molar-refractivity contribution in [1.82, 2.24) is 4.98 Å². The van der Waals surface area contributed by atoms with Gasteiger partial charge in [-0.1, -0.05) is 82.1 Å². The van der Waals surface area contributed by atoms with Crippen LogP contribution in [0.2, 0.25) is 0 Å². The number of fused-ring (bicyclic) bond motifs is 6. The molecule has 0 N–H and O–H groups in total. The van der Waals surface area contributed by atoms with Gasteiger partial charge in [0.05, 0.1) is 11.2 Å². The molecular formula is C34H31NO. The molecule has 6 aromatic rings. The first kappa shape index (κ1) is 21.6. The molecule has 1 aliphatic carbocycles. The molecule has 0 amide bonds. The number of rotatable bonds is 2. The highest BCUT2D eigenvalue weighted by molar-refractivity contribution is 6.12. The Morgan fingerprint density at radius 2 is 1.53 bits per heavy atom. The molecule has 2 heterocycles. The Morgan fingerprint density at radius 3 is 2.33 bits per heavy atom. The van der Waals surface area contributed by atoms with Crippen molar-refractivity contribution in [2.24, 2.45) is 0 Å². The molecule has 2 heteroatoms. The van der Waals surface area contributed by atoms with Crippen LogP contribution in [0.15, 0.2) is 83.3 Å². The summed E-state index contributed by atoms with van der Waals surface area (Å²) in [4.78, 5) is 5.31. The third kappa shape index (κ3) is 3.35. The second-order valence-corrected chi connectivity index (χ2v) is 11.5. The molecule has 0 aliphatic heterocycles. The SMILES string of the molecule is CC(C)(C)c1cc(-c2cc(C3CCCC3)c3c(ccc4ccccc43)n2)c2oc3ccccc3c2c1. The Hall–Kier alpha value is -3.65. The van der Waals surface area contributed by atoms with Gasteiger partial charge in [0.2, 0.25) is 0 Å².